The number of aliphatic hydroxyl groups is 2. The number of nitrogens with two attached hydrogens (primary N) is 1. The molecular weight excluding hydrogens is 415 g/mol. The minimum absolute atomic E-state index is 0.0225. The maximum Gasteiger partial charge on any atom is 0.162 e. The van der Waals surface area contributed by atoms with Crippen molar-refractivity contribution in [2.45, 2.75) is 43.7 Å². The van der Waals surface area contributed by atoms with Crippen molar-refractivity contribution in [3.63, 3.8) is 0 Å². The first-order valence-corrected chi connectivity index (χ1v) is 9.86. The third-order valence-corrected chi connectivity index (χ3v) is 6.07. The number of nitrogen functional groups attached to an aromatic ring is 1. The van der Waals surface area contributed by atoms with Crippen LogP contribution in [0.25, 0.3) is 11.0 Å². The summed E-state index contributed by atoms with van der Waals surface area (Å²) < 4.78 is 50.0. The van der Waals surface area contributed by atoms with Gasteiger partial charge in [0.1, 0.15) is 41.9 Å². The average molecular weight is 435 g/mol. The van der Waals surface area contributed by atoms with Crippen LogP contribution >= 0.6 is 0 Å². The van der Waals surface area contributed by atoms with Gasteiger partial charge in [-0.3, -0.25) is 0 Å². The van der Waals surface area contributed by atoms with Gasteiger partial charge in [-0.1, -0.05) is 0 Å². The van der Waals surface area contributed by atoms with Crippen LogP contribution in [0.15, 0.2) is 18.6 Å². The molecule has 1 aliphatic heterocycles. The molecule has 1 saturated carbocycles. The summed E-state index contributed by atoms with van der Waals surface area (Å²) in [6, 6.07) is 0.173. The van der Waals surface area contributed by atoms with Crippen molar-refractivity contribution >= 4 is 16.9 Å². The molecule has 5 rings (SSSR count). The van der Waals surface area contributed by atoms with Crippen molar-refractivity contribution in [2.24, 2.45) is 0 Å². The molecule has 0 amide bonds. The van der Waals surface area contributed by atoms with Gasteiger partial charge in [-0.25, -0.2) is 23.1 Å². The van der Waals surface area contributed by atoms with E-state index in [1.807, 2.05) is 0 Å². The highest BCUT2D eigenvalue weighted by atomic mass is 19.2. The van der Waals surface area contributed by atoms with E-state index >= 15 is 0 Å². The van der Waals surface area contributed by atoms with Crippen LogP contribution in [-0.2, 0) is 13.0 Å². The van der Waals surface area contributed by atoms with Crippen molar-refractivity contribution in [3.8, 4) is 5.75 Å². The van der Waals surface area contributed by atoms with E-state index in [0.29, 0.717) is 25.1 Å². The van der Waals surface area contributed by atoms with Crippen molar-refractivity contribution < 1.29 is 28.1 Å². The van der Waals surface area contributed by atoms with E-state index < -0.39 is 41.8 Å². The molecule has 0 bridgehead atoms. The maximum absolute atomic E-state index is 14.4. The van der Waals surface area contributed by atoms with Crippen molar-refractivity contribution in [1.82, 2.24) is 19.9 Å². The molecule has 0 radical (unpaired) electrons. The van der Waals surface area contributed by atoms with Crippen LogP contribution in [0.2, 0.25) is 0 Å². The summed E-state index contributed by atoms with van der Waals surface area (Å²) in [5, 5.41) is 24.3. The number of benzene rings is 1. The lowest BCUT2D eigenvalue weighted by Gasteiger charge is -2.25. The summed E-state index contributed by atoms with van der Waals surface area (Å²) >= 11 is 0. The maximum atomic E-state index is 14.4. The van der Waals surface area contributed by atoms with Crippen LogP contribution in [0.3, 0.4) is 0 Å². The van der Waals surface area contributed by atoms with Gasteiger partial charge in [0, 0.05) is 36.4 Å². The number of hydrogen-bond donors (Lipinski definition) is 4. The normalized spacial score (nSPS) is 25.7. The van der Waals surface area contributed by atoms with E-state index in [1.54, 1.807) is 0 Å². The lowest BCUT2D eigenvalue weighted by molar-refractivity contribution is -0.0167. The number of anilines is 1. The van der Waals surface area contributed by atoms with Crippen molar-refractivity contribution in [3.05, 3.63) is 47.2 Å². The molecule has 11 heteroatoms. The van der Waals surface area contributed by atoms with Crippen LogP contribution in [0.1, 0.15) is 23.6 Å². The molecule has 2 aliphatic rings. The Morgan fingerprint density at radius 1 is 1.13 bits per heavy atom. The average Bonchev–Trinajstić information content (AvgIpc) is 3.24. The predicted molar refractivity (Wildman–Crippen MR) is 104 cm³/mol. The number of nitrogens with one attached hydrogen (secondary N) is 1. The van der Waals surface area contributed by atoms with Crippen LogP contribution < -0.4 is 15.8 Å². The minimum Gasteiger partial charge on any atom is -0.487 e. The van der Waals surface area contributed by atoms with Gasteiger partial charge >= 0.3 is 0 Å². The Labute approximate surface area is 174 Å². The number of nitrogens with zero attached hydrogens (tertiary/aromatic N) is 3. The van der Waals surface area contributed by atoms with E-state index in [2.05, 4.69) is 15.3 Å². The second-order valence-electron chi connectivity index (χ2n) is 7.84. The summed E-state index contributed by atoms with van der Waals surface area (Å²) in [4.78, 5) is 7.83. The molecule has 4 atom stereocenters. The largest absolute Gasteiger partial charge is 0.487 e. The first kappa shape index (κ1) is 20.0. The number of fused-ring (bicyclic) bond motifs is 2. The first-order valence-electron chi connectivity index (χ1n) is 9.86. The Balaban J connectivity index is 1.48. The molecule has 8 nitrogen and oxygen atoms in total. The number of aliphatic hydroxyl groups excluding tert-OH is 2. The van der Waals surface area contributed by atoms with Crippen molar-refractivity contribution in [1.29, 1.82) is 0 Å². The van der Waals surface area contributed by atoms with E-state index in [4.69, 9.17) is 10.5 Å². The predicted octanol–water partition coefficient (Wildman–Crippen LogP) is 1.19. The molecule has 2 aromatic heterocycles. The molecule has 164 valence electrons. The highest BCUT2D eigenvalue weighted by Crippen LogP contribution is 2.39. The molecule has 2 unspecified atom stereocenters. The highest BCUT2D eigenvalue weighted by molar-refractivity contribution is 5.86. The lowest BCUT2D eigenvalue weighted by atomic mass is 9.99. The molecule has 1 aliphatic carbocycles. The fourth-order valence-electron chi connectivity index (χ4n) is 4.52. The Morgan fingerprint density at radius 2 is 1.94 bits per heavy atom. The lowest BCUT2D eigenvalue weighted by Crippen LogP contribution is -2.35. The molecule has 0 spiro atoms. The number of aromatic nitrogens is 3. The van der Waals surface area contributed by atoms with Crippen LogP contribution in [0.4, 0.5) is 19.0 Å². The third kappa shape index (κ3) is 3.11. The van der Waals surface area contributed by atoms with Gasteiger partial charge in [0.15, 0.2) is 17.5 Å². The third-order valence-electron chi connectivity index (χ3n) is 6.07. The summed E-state index contributed by atoms with van der Waals surface area (Å²) in [7, 11) is 0. The Kier molecular flexibility index (Phi) is 4.76. The summed E-state index contributed by atoms with van der Waals surface area (Å²) in [5.74, 6) is -2.53. The highest BCUT2D eigenvalue weighted by Gasteiger charge is 2.45. The standard InChI is InChI=1S/C20H20F3N5O3/c21-10-3-13(9-5-25-2-1-8(9)16(10)23)31-14-4-12(17(29)18(14)30)28-6-11(22)15-19(24)26-7-27-20(15)28/h3,6-7,12,14,17-18,25,29-30H,1-2,4-5H2,(H2,24,26,27)/t12?,14?,17-,18+/m0/s1. The zero-order valence-corrected chi connectivity index (χ0v) is 16.2. The topological polar surface area (TPSA) is 118 Å². The Morgan fingerprint density at radius 3 is 2.74 bits per heavy atom. The first-order chi connectivity index (χ1) is 14.9. The zero-order valence-electron chi connectivity index (χ0n) is 16.2. The molecule has 5 N–H and O–H groups in total. The second kappa shape index (κ2) is 7.36. The summed E-state index contributed by atoms with van der Waals surface area (Å²) in [6.45, 7) is 0.803. The quantitative estimate of drug-likeness (QED) is 0.488. The van der Waals surface area contributed by atoms with Crippen LogP contribution in [0, 0.1) is 17.5 Å². The van der Waals surface area contributed by atoms with E-state index in [9.17, 15) is 23.4 Å². The number of halogens is 3. The van der Waals surface area contributed by atoms with Gasteiger partial charge in [0.2, 0.25) is 0 Å². The number of ether oxygens (including phenoxy) is 1. The molecule has 3 heterocycles. The van der Waals surface area contributed by atoms with Gasteiger partial charge in [-0.2, -0.15) is 0 Å². The summed E-state index contributed by atoms with van der Waals surface area (Å²) in [6.07, 6.45) is -0.877. The van der Waals surface area contributed by atoms with Gasteiger partial charge in [-0.05, 0) is 13.0 Å². The number of rotatable bonds is 3. The molecule has 31 heavy (non-hydrogen) atoms. The van der Waals surface area contributed by atoms with Gasteiger partial charge in [0.05, 0.1) is 11.4 Å². The van der Waals surface area contributed by atoms with Gasteiger partial charge < -0.3 is 30.6 Å². The Bertz CT molecular complexity index is 1170. The van der Waals surface area contributed by atoms with Gasteiger partial charge in [0.25, 0.3) is 0 Å². The minimum atomic E-state index is -1.34. The van der Waals surface area contributed by atoms with Crippen LogP contribution in [0.5, 0.6) is 5.75 Å². The van der Waals surface area contributed by atoms with Crippen LogP contribution in [-0.4, -0.2) is 49.6 Å². The van der Waals surface area contributed by atoms with E-state index in [-0.39, 0.29) is 34.6 Å². The molecule has 1 aromatic carbocycles. The van der Waals surface area contributed by atoms with Crippen molar-refractivity contribution in [2.75, 3.05) is 12.3 Å². The monoisotopic (exact) mass is 435 g/mol. The smallest absolute Gasteiger partial charge is 0.162 e. The molecule has 0 saturated heterocycles. The molecule has 1 fully saturated rings. The number of hydrogen-bond acceptors (Lipinski definition) is 7. The SMILES string of the molecule is Nc1ncnc2c1c(F)cn2C1CC(Oc2cc(F)c(F)c3c2CNCC3)[C@@H](O)[C@H]1O. The Hall–Kier alpha value is -2.89. The van der Waals surface area contributed by atoms with Gasteiger partial charge in [-0.15, -0.1) is 0 Å². The fourth-order valence-corrected chi connectivity index (χ4v) is 4.52. The zero-order chi connectivity index (χ0) is 21.9. The second-order valence-corrected chi connectivity index (χ2v) is 7.84. The van der Waals surface area contributed by atoms with E-state index in [0.717, 1.165) is 12.3 Å². The van der Waals surface area contributed by atoms with E-state index in [1.165, 1.54) is 10.9 Å². The molecule has 3 aromatic rings. The summed E-state index contributed by atoms with van der Waals surface area (Å²) in [5.41, 5.74) is 6.64. The fraction of sp³-hybridized carbons (Fsp3) is 0.400. The molecular formula is C20H20F3N5O3.